The van der Waals surface area contributed by atoms with E-state index in [0.717, 1.165) is 38.5 Å². The van der Waals surface area contributed by atoms with Gasteiger partial charge in [-0.25, -0.2) is 0 Å². The van der Waals surface area contributed by atoms with Crippen LogP contribution in [0.1, 0.15) is 0 Å². The maximum atomic E-state index is 6.83. The summed E-state index contributed by atoms with van der Waals surface area (Å²) < 4.78 is 6.83. The molecule has 0 aliphatic heterocycles. The van der Waals surface area contributed by atoms with Gasteiger partial charge >= 0.3 is 0 Å². The molecule has 1 nitrogen and oxygen atoms in total. The fraction of sp³-hybridized carbons (Fsp3) is 0. The molecule has 1 heterocycles. The summed E-state index contributed by atoms with van der Waals surface area (Å²) in [6.45, 7) is 0. The fourth-order valence-electron chi connectivity index (χ4n) is 7.32. The minimum Gasteiger partial charge on any atom is -0.455 e. The Bertz CT molecular complexity index is 2710. The molecule has 0 radical (unpaired) electrons. The van der Waals surface area contributed by atoms with E-state index in [1.165, 1.54) is 59.6 Å². The molecule has 0 atom stereocenters. The highest BCUT2D eigenvalue weighted by Crippen LogP contribution is 2.45. The molecular formula is C42H24O. The van der Waals surface area contributed by atoms with Crippen molar-refractivity contribution in [1.29, 1.82) is 0 Å². The Morgan fingerprint density at radius 1 is 0.302 bits per heavy atom. The lowest BCUT2D eigenvalue weighted by atomic mass is 9.88. The highest BCUT2D eigenvalue weighted by atomic mass is 16.3. The van der Waals surface area contributed by atoms with Gasteiger partial charge in [0.15, 0.2) is 0 Å². The maximum absolute atomic E-state index is 6.83. The van der Waals surface area contributed by atoms with Gasteiger partial charge in [-0.05, 0) is 89.4 Å². The molecule has 0 unspecified atom stereocenters. The number of hydrogen-bond acceptors (Lipinski definition) is 1. The lowest BCUT2D eigenvalue weighted by molar-refractivity contribution is 0.674. The van der Waals surface area contributed by atoms with Crippen LogP contribution in [0, 0.1) is 0 Å². The molecule has 0 aliphatic rings. The van der Waals surface area contributed by atoms with E-state index in [9.17, 15) is 0 Å². The monoisotopic (exact) mass is 544 g/mol. The van der Waals surface area contributed by atoms with E-state index in [-0.39, 0.29) is 0 Å². The minimum absolute atomic E-state index is 0.933. The molecule has 0 bridgehead atoms. The molecule has 0 spiro atoms. The predicted molar refractivity (Wildman–Crippen MR) is 183 cm³/mol. The van der Waals surface area contributed by atoms with Crippen molar-refractivity contribution >= 4 is 75.8 Å². The highest BCUT2D eigenvalue weighted by molar-refractivity contribution is 6.26. The Labute approximate surface area is 247 Å². The third kappa shape index (κ3) is 3.22. The van der Waals surface area contributed by atoms with Crippen molar-refractivity contribution in [2.45, 2.75) is 0 Å². The topological polar surface area (TPSA) is 13.1 Å². The number of fused-ring (bicyclic) bond motifs is 6. The number of benzene rings is 9. The molecule has 0 fully saturated rings. The molecule has 0 aliphatic carbocycles. The van der Waals surface area contributed by atoms with Gasteiger partial charge in [0.2, 0.25) is 0 Å². The summed E-state index contributed by atoms with van der Waals surface area (Å²) in [5.41, 5.74) is 6.59. The average Bonchev–Trinajstić information content (AvgIpc) is 3.46. The van der Waals surface area contributed by atoms with Crippen LogP contribution in [0.5, 0.6) is 0 Å². The van der Waals surface area contributed by atoms with Crippen molar-refractivity contribution < 1.29 is 4.42 Å². The lowest BCUT2D eigenvalue weighted by Gasteiger charge is -2.15. The Balaban J connectivity index is 1.34. The molecule has 0 saturated carbocycles. The third-order valence-corrected chi connectivity index (χ3v) is 9.36. The Hall–Kier alpha value is -5.66. The van der Waals surface area contributed by atoms with E-state index >= 15 is 0 Å². The summed E-state index contributed by atoms with van der Waals surface area (Å²) in [4.78, 5) is 0. The van der Waals surface area contributed by atoms with Gasteiger partial charge in [0, 0.05) is 21.7 Å². The Kier molecular flexibility index (Phi) is 4.51. The van der Waals surface area contributed by atoms with E-state index in [1.54, 1.807) is 0 Å². The normalized spacial score (nSPS) is 12.2. The van der Waals surface area contributed by atoms with Crippen LogP contribution in [0.15, 0.2) is 150 Å². The molecular weight excluding hydrogens is 520 g/mol. The first kappa shape index (κ1) is 23.0. The summed E-state index contributed by atoms with van der Waals surface area (Å²) in [5, 5.41) is 14.9. The van der Waals surface area contributed by atoms with Crippen molar-refractivity contribution in [1.82, 2.24) is 0 Å². The van der Waals surface area contributed by atoms with Crippen molar-refractivity contribution in [2.75, 3.05) is 0 Å². The second kappa shape index (κ2) is 8.44. The van der Waals surface area contributed by atoms with Gasteiger partial charge in [-0.1, -0.05) is 121 Å². The van der Waals surface area contributed by atoms with Gasteiger partial charge in [-0.15, -0.1) is 0 Å². The zero-order valence-corrected chi connectivity index (χ0v) is 23.3. The molecule has 0 amide bonds. The van der Waals surface area contributed by atoms with E-state index < -0.39 is 0 Å². The molecule has 10 aromatic rings. The van der Waals surface area contributed by atoms with Gasteiger partial charge < -0.3 is 4.42 Å². The van der Waals surface area contributed by atoms with E-state index in [2.05, 4.69) is 146 Å². The summed E-state index contributed by atoms with van der Waals surface area (Å²) in [6.07, 6.45) is 0. The van der Waals surface area contributed by atoms with Crippen molar-refractivity contribution in [3.63, 3.8) is 0 Å². The molecule has 1 heteroatoms. The average molecular weight is 545 g/mol. The van der Waals surface area contributed by atoms with Crippen LogP contribution < -0.4 is 0 Å². The first-order valence-corrected chi connectivity index (χ1v) is 14.8. The van der Waals surface area contributed by atoms with Crippen LogP contribution in [0.4, 0.5) is 0 Å². The summed E-state index contributed by atoms with van der Waals surface area (Å²) in [6, 6.07) is 53.2. The quantitative estimate of drug-likeness (QED) is 0.197. The second-order valence-electron chi connectivity index (χ2n) is 11.7. The van der Waals surface area contributed by atoms with Crippen LogP contribution >= 0.6 is 0 Å². The standard InChI is InChI=1S/C42H24O/c1-2-8-30-22-31(15-12-25(30)6-1)37-23-32(24-38-36-21-16-26-7-3-4-11-34(26)41(36)43-42(37)38)33-19-17-29-14-13-27-9-5-10-28-18-20-35(33)40(29)39(27)28/h1-24H. The third-order valence-electron chi connectivity index (χ3n) is 9.36. The molecule has 9 aromatic carbocycles. The first-order valence-electron chi connectivity index (χ1n) is 14.8. The molecule has 43 heavy (non-hydrogen) atoms. The van der Waals surface area contributed by atoms with E-state index in [0.29, 0.717) is 0 Å². The molecule has 0 saturated heterocycles. The van der Waals surface area contributed by atoms with E-state index in [4.69, 9.17) is 4.42 Å². The zero-order valence-electron chi connectivity index (χ0n) is 23.3. The molecule has 0 N–H and O–H groups in total. The highest BCUT2D eigenvalue weighted by Gasteiger charge is 2.19. The van der Waals surface area contributed by atoms with Gasteiger partial charge in [0.05, 0.1) is 0 Å². The Morgan fingerprint density at radius 2 is 0.953 bits per heavy atom. The number of hydrogen-bond donors (Lipinski definition) is 0. The van der Waals surface area contributed by atoms with Gasteiger partial charge in [0.25, 0.3) is 0 Å². The van der Waals surface area contributed by atoms with Gasteiger partial charge in [-0.2, -0.15) is 0 Å². The lowest BCUT2D eigenvalue weighted by Crippen LogP contribution is -1.88. The number of rotatable bonds is 2. The second-order valence-corrected chi connectivity index (χ2v) is 11.7. The molecule has 198 valence electrons. The smallest absolute Gasteiger partial charge is 0.143 e. The van der Waals surface area contributed by atoms with Crippen molar-refractivity contribution in [3.05, 3.63) is 146 Å². The summed E-state index contributed by atoms with van der Waals surface area (Å²) in [7, 11) is 0. The number of furan rings is 1. The minimum atomic E-state index is 0.933. The van der Waals surface area contributed by atoms with Crippen LogP contribution in [0.3, 0.4) is 0 Å². The fourth-order valence-corrected chi connectivity index (χ4v) is 7.32. The summed E-state index contributed by atoms with van der Waals surface area (Å²) >= 11 is 0. The van der Waals surface area contributed by atoms with E-state index in [1.807, 2.05) is 0 Å². The van der Waals surface area contributed by atoms with Crippen LogP contribution in [-0.4, -0.2) is 0 Å². The van der Waals surface area contributed by atoms with Crippen LogP contribution in [-0.2, 0) is 0 Å². The maximum Gasteiger partial charge on any atom is 0.143 e. The van der Waals surface area contributed by atoms with Crippen molar-refractivity contribution in [3.8, 4) is 22.3 Å². The van der Waals surface area contributed by atoms with Crippen LogP contribution in [0.25, 0.3) is 98.1 Å². The Morgan fingerprint density at radius 3 is 1.84 bits per heavy atom. The first-order chi connectivity index (χ1) is 21.3. The molecule has 1 aromatic heterocycles. The predicted octanol–water partition coefficient (Wildman–Crippen LogP) is 12.1. The summed E-state index contributed by atoms with van der Waals surface area (Å²) in [5.74, 6) is 0. The SMILES string of the molecule is c1ccc2cc(-c3cc(-c4ccc5ccc6cccc7ccc4c5c67)cc4c3oc3c5ccccc5ccc43)ccc2c1. The van der Waals surface area contributed by atoms with Gasteiger partial charge in [-0.3, -0.25) is 0 Å². The van der Waals surface area contributed by atoms with Crippen molar-refractivity contribution in [2.24, 2.45) is 0 Å². The largest absolute Gasteiger partial charge is 0.455 e. The van der Waals surface area contributed by atoms with Crippen LogP contribution in [0.2, 0.25) is 0 Å². The zero-order chi connectivity index (χ0) is 28.1. The van der Waals surface area contributed by atoms with Gasteiger partial charge in [0.1, 0.15) is 11.2 Å². The molecule has 10 rings (SSSR count).